The molecule has 0 radical (unpaired) electrons. The van der Waals surface area contributed by atoms with Crippen LogP contribution in [0, 0.1) is 6.92 Å². The van der Waals surface area contributed by atoms with Crippen LogP contribution in [0.25, 0.3) is 22.3 Å². The summed E-state index contributed by atoms with van der Waals surface area (Å²) in [6.07, 6.45) is 1.62. The minimum Gasteiger partial charge on any atom is -0.496 e. The second-order valence-corrected chi connectivity index (χ2v) is 11.8. The fourth-order valence-corrected chi connectivity index (χ4v) is 5.51. The summed E-state index contributed by atoms with van der Waals surface area (Å²) in [6.45, 7) is 8.80. The molecule has 5 aromatic rings. The number of ether oxygens (including phenoxy) is 3. The first kappa shape index (κ1) is 31.3. The van der Waals surface area contributed by atoms with E-state index in [-0.39, 0.29) is 18.1 Å². The number of rotatable bonds is 10. The van der Waals surface area contributed by atoms with Crippen LogP contribution < -0.4 is 19.8 Å². The number of nitrogens with zero attached hydrogens (tertiary/aromatic N) is 3. The first-order chi connectivity index (χ1) is 21.2. The van der Waals surface area contributed by atoms with E-state index in [4.69, 9.17) is 35.9 Å². The van der Waals surface area contributed by atoms with Crippen LogP contribution in [0.15, 0.2) is 87.2 Å². The molecule has 0 aliphatic heterocycles. The lowest BCUT2D eigenvalue weighted by molar-refractivity contribution is 0.269. The summed E-state index contributed by atoms with van der Waals surface area (Å²) in [5.74, 6) is 2.52. The van der Waals surface area contributed by atoms with Gasteiger partial charge in [0.2, 0.25) is 0 Å². The SMILES string of the molecule is CCOc1cc(C=Nn2c(-c3cc(C(C)C)c(OC)cc3C)nc3ccccc3c2=O)c(Br)cc1OCc1ccccc1Cl. The highest BCUT2D eigenvalue weighted by Crippen LogP contribution is 2.36. The molecule has 0 amide bonds. The average Bonchev–Trinajstić information content (AvgIpc) is 3.01. The third-order valence-electron chi connectivity index (χ3n) is 7.21. The summed E-state index contributed by atoms with van der Waals surface area (Å²) in [5, 5.41) is 5.80. The number of halogens is 2. The van der Waals surface area contributed by atoms with Gasteiger partial charge in [0.25, 0.3) is 5.56 Å². The van der Waals surface area contributed by atoms with Crippen molar-refractivity contribution in [2.24, 2.45) is 5.10 Å². The largest absolute Gasteiger partial charge is 0.496 e. The van der Waals surface area contributed by atoms with Gasteiger partial charge in [0.15, 0.2) is 17.3 Å². The molecule has 0 N–H and O–H groups in total. The number of hydrogen-bond acceptors (Lipinski definition) is 6. The molecule has 0 aliphatic carbocycles. The Morgan fingerprint density at radius 3 is 2.45 bits per heavy atom. The van der Waals surface area contributed by atoms with Crippen molar-refractivity contribution in [3.63, 3.8) is 0 Å². The van der Waals surface area contributed by atoms with E-state index in [1.165, 1.54) is 4.68 Å². The van der Waals surface area contributed by atoms with Gasteiger partial charge >= 0.3 is 0 Å². The number of aromatic nitrogens is 2. The maximum absolute atomic E-state index is 13.9. The zero-order valence-corrected chi connectivity index (χ0v) is 27.6. The predicted octanol–water partition coefficient (Wildman–Crippen LogP) is 8.78. The quantitative estimate of drug-likeness (QED) is 0.139. The van der Waals surface area contributed by atoms with Gasteiger partial charge in [-0.1, -0.05) is 55.8 Å². The second kappa shape index (κ2) is 13.7. The molecule has 0 atom stereocenters. The Hall–Kier alpha value is -4.14. The highest BCUT2D eigenvalue weighted by atomic mass is 79.9. The van der Waals surface area contributed by atoms with Crippen molar-refractivity contribution >= 4 is 44.6 Å². The van der Waals surface area contributed by atoms with E-state index in [0.717, 1.165) is 28.0 Å². The fourth-order valence-electron chi connectivity index (χ4n) is 4.89. The van der Waals surface area contributed by atoms with Crippen molar-refractivity contribution in [3.8, 4) is 28.6 Å². The number of aryl methyl sites for hydroxylation is 1. The van der Waals surface area contributed by atoms with E-state index in [1.807, 2.05) is 80.6 Å². The second-order valence-electron chi connectivity index (χ2n) is 10.5. The molecule has 0 saturated carbocycles. The van der Waals surface area contributed by atoms with Crippen LogP contribution in [-0.2, 0) is 6.61 Å². The number of methoxy groups -OCH3 is 1. The maximum Gasteiger partial charge on any atom is 0.282 e. The van der Waals surface area contributed by atoms with Crippen LogP contribution in [0.2, 0.25) is 5.02 Å². The van der Waals surface area contributed by atoms with Crippen molar-refractivity contribution in [1.82, 2.24) is 9.66 Å². The molecule has 0 bridgehead atoms. The Morgan fingerprint density at radius 2 is 1.73 bits per heavy atom. The van der Waals surface area contributed by atoms with Gasteiger partial charge in [0.1, 0.15) is 12.4 Å². The van der Waals surface area contributed by atoms with Crippen LogP contribution in [0.1, 0.15) is 48.9 Å². The summed E-state index contributed by atoms with van der Waals surface area (Å²) < 4.78 is 19.7. The van der Waals surface area contributed by atoms with Gasteiger partial charge < -0.3 is 14.2 Å². The topological polar surface area (TPSA) is 74.9 Å². The Labute approximate surface area is 270 Å². The molecule has 226 valence electrons. The third-order valence-corrected chi connectivity index (χ3v) is 8.27. The minimum absolute atomic E-state index is 0.194. The van der Waals surface area contributed by atoms with E-state index < -0.39 is 0 Å². The van der Waals surface area contributed by atoms with Gasteiger partial charge in [0.05, 0.1) is 30.8 Å². The van der Waals surface area contributed by atoms with Crippen molar-refractivity contribution < 1.29 is 14.2 Å². The molecule has 0 aliphatic rings. The van der Waals surface area contributed by atoms with E-state index >= 15 is 0 Å². The van der Waals surface area contributed by atoms with Gasteiger partial charge in [-0.2, -0.15) is 9.78 Å². The molecule has 0 spiro atoms. The molecule has 0 fully saturated rings. The average molecular weight is 675 g/mol. The van der Waals surface area contributed by atoms with Crippen LogP contribution in [0.5, 0.6) is 17.2 Å². The number of hydrogen-bond donors (Lipinski definition) is 0. The standard InChI is InChI=1S/C35H33BrClN3O4/c1-6-43-32-16-24(28(36)18-33(32)44-20-23-11-7-9-13-29(23)37)19-38-40-34(39-30-14-10-8-12-25(30)35(40)41)27-17-26(21(2)3)31(42-5)15-22(27)4/h7-19,21H,6,20H2,1-5H3. The summed E-state index contributed by atoms with van der Waals surface area (Å²) in [6, 6.07) is 22.5. The molecule has 44 heavy (non-hydrogen) atoms. The molecule has 0 saturated heterocycles. The Bertz CT molecular complexity index is 1920. The normalized spacial score (nSPS) is 11.5. The molecule has 1 aromatic heterocycles. The molecule has 7 nitrogen and oxygen atoms in total. The zero-order valence-electron chi connectivity index (χ0n) is 25.2. The lowest BCUT2D eigenvalue weighted by Crippen LogP contribution is -2.21. The zero-order chi connectivity index (χ0) is 31.4. The van der Waals surface area contributed by atoms with Crippen LogP contribution in [0.3, 0.4) is 0 Å². The lowest BCUT2D eigenvalue weighted by Gasteiger charge is -2.17. The first-order valence-corrected chi connectivity index (χ1v) is 15.5. The molecule has 1 heterocycles. The Morgan fingerprint density at radius 1 is 1.00 bits per heavy atom. The summed E-state index contributed by atoms with van der Waals surface area (Å²) >= 11 is 9.98. The fraction of sp³-hybridized carbons (Fsp3) is 0.229. The van der Waals surface area contributed by atoms with E-state index in [1.54, 1.807) is 19.4 Å². The van der Waals surface area contributed by atoms with E-state index in [9.17, 15) is 4.79 Å². The Kier molecular flexibility index (Phi) is 9.71. The van der Waals surface area contributed by atoms with Crippen LogP contribution in [-0.4, -0.2) is 29.6 Å². The van der Waals surface area contributed by atoms with Gasteiger partial charge in [0, 0.05) is 26.2 Å². The highest BCUT2D eigenvalue weighted by Gasteiger charge is 2.19. The minimum atomic E-state index is -0.274. The van der Waals surface area contributed by atoms with Crippen molar-refractivity contribution in [2.45, 2.75) is 40.2 Å². The number of fused-ring (bicyclic) bond motifs is 1. The Balaban J connectivity index is 1.61. The summed E-state index contributed by atoms with van der Waals surface area (Å²) in [5.41, 5.74) is 4.61. The number of para-hydroxylation sites is 1. The summed E-state index contributed by atoms with van der Waals surface area (Å²) in [7, 11) is 1.66. The lowest BCUT2D eigenvalue weighted by atomic mass is 9.96. The third kappa shape index (κ3) is 6.51. The molecule has 4 aromatic carbocycles. The molecular weight excluding hydrogens is 642 g/mol. The molecule has 0 unspecified atom stereocenters. The van der Waals surface area contributed by atoms with Crippen LogP contribution >= 0.6 is 27.5 Å². The maximum atomic E-state index is 13.9. The van der Waals surface area contributed by atoms with Gasteiger partial charge in [-0.15, -0.1) is 0 Å². The van der Waals surface area contributed by atoms with E-state index in [0.29, 0.717) is 49.9 Å². The number of benzene rings is 4. The van der Waals surface area contributed by atoms with Gasteiger partial charge in [-0.05, 0) is 89.3 Å². The van der Waals surface area contributed by atoms with Crippen molar-refractivity contribution in [3.05, 3.63) is 115 Å². The van der Waals surface area contributed by atoms with Crippen LogP contribution in [0.4, 0.5) is 0 Å². The molecule has 9 heteroatoms. The molecular formula is C35H33BrClN3O4. The predicted molar refractivity (Wildman–Crippen MR) is 181 cm³/mol. The monoisotopic (exact) mass is 673 g/mol. The smallest absolute Gasteiger partial charge is 0.282 e. The van der Waals surface area contributed by atoms with Gasteiger partial charge in [-0.3, -0.25) is 4.79 Å². The molecule has 5 rings (SSSR count). The van der Waals surface area contributed by atoms with Crippen molar-refractivity contribution in [2.75, 3.05) is 13.7 Å². The first-order valence-electron chi connectivity index (χ1n) is 14.3. The van der Waals surface area contributed by atoms with E-state index in [2.05, 4.69) is 29.8 Å². The van der Waals surface area contributed by atoms with Gasteiger partial charge in [-0.25, -0.2) is 4.98 Å². The van der Waals surface area contributed by atoms with Crippen molar-refractivity contribution in [1.29, 1.82) is 0 Å². The summed E-state index contributed by atoms with van der Waals surface area (Å²) in [4.78, 5) is 18.8. The highest BCUT2D eigenvalue weighted by molar-refractivity contribution is 9.10.